The molecule has 0 radical (unpaired) electrons. The van der Waals surface area contributed by atoms with Crippen LogP contribution in [0.5, 0.6) is 5.75 Å². The third kappa shape index (κ3) is 4.60. The highest BCUT2D eigenvalue weighted by molar-refractivity contribution is 5.89. The van der Waals surface area contributed by atoms with Gasteiger partial charge in [0.25, 0.3) is 5.91 Å². The van der Waals surface area contributed by atoms with Gasteiger partial charge in [-0.05, 0) is 36.6 Å². The molecule has 162 valence electrons. The Hall–Kier alpha value is -3.22. The highest BCUT2D eigenvalue weighted by atomic mass is 19.4. The van der Waals surface area contributed by atoms with E-state index in [4.69, 9.17) is 4.74 Å². The molecule has 3 aromatic rings. The van der Waals surface area contributed by atoms with Crippen LogP contribution in [0.3, 0.4) is 0 Å². The van der Waals surface area contributed by atoms with Gasteiger partial charge in [-0.25, -0.2) is 0 Å². The van der Waals surface area contributed by atoms with E-state index >= 15 is 0 Å². The van der Waals surface area contributed by atoms with E-state index in [2.05, 4.69) is 0 Å². The largest absolute Gasteiger partial charge is 0.480 e. The topological polar surface area (TPSA) is 32.8 Å². The number of halogens is 3. The highest BCUT2D eigenvalue weighted by Crippen LogP contribution is 2.32. The molecule has 0 aliphatic carbocycles. The number of nitrogens with zero attached hydrogens (tertiary/aromatic N) is 2. The number of carbonyl (C=O) groups is 1. The number of fused-ring (bicyclic) bond motifs is 1. The third-order valence-corrected chi connectivity index (χ3v) is 5.53. The van der Waals surface area contributed by atoms with Crippen LogP contribution in [0.1, 0.15) is 12.5 Å². The zero-order valence-electron chi connectivity index (χ0n) is 17.1. The second-order valence-electron chi connectivity index (χ2n) is 7.60. The average molecular weight is 428 g/mol. The number of piperazine rings is 1. The van der Waals surface area contributed by atoms with Crippen molar-refractivity contribution in [2.24, 2.45) is 0 Å². The van der Waals surface area contributed by atoms with Crippen molar-refractivity contribution in [1.29, 1.82) is 0 Å². The first-order valence-corrected chi connectivity index (χ1v) is 10.2. The van der Waals surface area contributed by atoms with Gasteiger partial charge in [-0.1, -0.05) is 42.5 Å². The van der Waals surface area contributed by atoms with Crippen LogP contribution in [-0.4, -0.2) is 43.1 Å². The molecule has 1 atom stereocenters. The molecule has 1 aliphatic heterocycles. The van der Waals surface area contributed by atoms with Gasteiger partial charge in [0.2, 0.25) is 0 Å². The molecule has 4 nitrogen and oxygen atoms in total. The van der Waals surface area contributed by atoms with E-state index in [1.807, 2.05) is 47.4 Å². The molecular weight excluding hydrogens is 405 g/mol. The predicted octanol–water partition coefficient (Wildman–Crippen LogP) is 4.97. The van der Waals surface area contributed by atoms with E-state index in [0.29, 0.717) is 37.6 Å². The smallest absolute Gasteiger partial charge is 0.416 e. The Kier molecular flexibility index (Phi) is 5.76. The molecule has 3 aromatic carbocycles. The molecule has 1 amide bonds. The molecule has 0 spiro atoms. The maximum absolute atomic E-state index is 13.0. The van der Waals surface area contributed by atoms with Crippen LogP contribution in [0.2, 0.25) is 0 Å². The average Bonchev–Trinajstić information content (AvgIpc) is 2.78. The van der Waals surface area contributed by atoms with Gasteiger partial charge in [-0.2, -0.15) is 13.2 Å². The second-order valence-corrected chi connectivity index (χ2v) is 7.60. The van der Waals surface area contributed by atoms with E-state index < -0.39 is 17.8 Å². The van der Waals surface area contributed by atoms with Crippen molar-refractivity contribution in [2.45, 2.75) is 19.2 Å². The lowest BCUT2D eigenvalue weighted by molar-refractivity contribution is -0.138. The normalized spacial score (nSPS) is 15.7. The summed E-state index contributed by atoms with van der Waals surface area (Å²) in [6.45, 7) is 3.52. The van der Waals surface area contributed by atoms with Gasteiger partial charge in [0.05, 0.1) is 5.56 Å². The summed E-state index contributed by atoms with van der Waals surface area (Å²) in [6, 6.07) is 18.8. The molecule has 0 bridgehead atoms. The van der Waals surface area contributed by atoms with Crippen molar-refractivity contribution in [1.82, 2.24) is 4.90 Å². The molecule has 31 heavy (non-hydrogen) atoms. The number of alkyl halides is 3. The Morgan fingerprint density at radius 3 is 2.35 bits per heavy atom. The van der Waals surface area contributed by atoms with Crippen LogP contribution in [0.4, 0.5) is 18.9 Å². The van der Waals surface area contributed by atoms with Gasteiger partial charge >= 0.3 is 6.18 Å². The van der Waals surface area contributed by atoms with Gasteiger partial charge in [-0.15, -0.1) is 0 Å². The van der Waals surface area contributed by atoms with E-state index in [1.54, 1.807) is 17.9 Å². The number of hydrogen-bond acceptors (Lipinski definition) is 3. The quantitative estimate of drug-likeness (QED) is 0.588. The van der Waals surface area contributed by atoms with Crippen LogP contribution in [0.15, 0.2) is 66.7 Å². The minimum Gasteiger partial charge on any atom is -0.480 e. The number of rotatable bonds is 4. The first-order valence-electron chi connectivity index (χ1n) is 10.2. The molecular formula is C24H23F3N2O2. The fraction of sp³-hybridized carbons (Fsp3) is 0.292. The number of amides is 1. The molecule has 0 aromatic heterocycles. The monoisotopic (exact) mass is 428 g/mol. The first kappa shape index (κ1) is 21.0. The lowest BCUT2D eigenvalue weighted by atomic mass is 10.1. The fourth-order valence-corrected chi connectivity index (χ4v) is 3.86. The summed E-state index contributed by atoms with van der Waals surface area (Å²) in [5, 5.41) is 1.98. The lowest BCUT2D eigenvalue weighted by Crippen LogP contribution is -2.52. The summed E-state index contributed by atoms with van der Waals surface area (Å²) in [4.78, 5) is 16.5. The SMILES string of the molecule is C[C@H](Oc1cccc2ccccc12)C(=O)N1CCN(c2cccc(C(F)(F)F)c2)CC1. The second kappa shape index (κ2) is 8.49. The summed E-state index contributed by atoms with van der Waals surface area (Å²) in [6.07, 6.45) is -5.03. The zero-order chi connectivity index (χ0) is 22.0. The molecule has 1 saturated heterocycles. The Labute approximate surface area is 178 Å². The van der Waals surface area contributed by atoms with Crippen molar-refractivity contribution in [3.8, 4) is 5.75 Å². The summed E-state index contributed by atoms with van der Waals surface area (Å²) in [7, 11) is 0. The van der Waals surface area contributed by atoms with E-state index in [1.165, 1.54) is 6.07 Å². The zero-order valence-corrected chi connectivity index (χ0v) is 17.1. The number of carbonyl (C=O) groups excluding carboxylic acids is 1. The highest BCUT2D eigenvalue weighted by Gasteiger charge is 2.31. The number of ether oxygens (including phenoxy) is 1. The number of benzene rings is 3. The van der Waals surface area contributed by atoms with Crippen molar-refractivity contribution >= 4 is 22.4 Å². The van der Waals surface area contributed by atoms with Crippen molar-refractivity contribution in [3.63, 3.8) is 0 Å². The minimum atomic E-state index is -4.37. The van der Waals surface area contributed by atoms with E-state index in [-0.39, 0.29) is 5.91 Å². The van der Waals surface area contributed by atoms with Crippen molar-refractivity contribution in [2.75, 3.05) is 31.1 Å². The Bertz CT molecular complexity index is 1070. The van der Waals surface area contributed by atoms with E-state index in [9.17, 15) is 18.0 Å². The first-order chi connectivity index (χ1) is 14.8. The molecule has 4 rings (SSSR count). The molecule has 0 N–H and O–H groups in total. The Morgan fingerprint density at radius 1 is 0.935 bits per heavy atom. The molecule has 0 saturated carbocycles. The number of hydrogen-bond donors (Lipinski definition) is 0. The molecule has 1 fully saturated rings. The Balaban J connectivity index is 1.39. The summed E-state index contributed by atoms with van der Waals surface area (Å²) >= 11 is 0. The van der Waals surface area contributed by atoms with Crippen molar-refractivity contribution < 1.29 is 22.7 Å². The number of anilines is 1. The lowest BCUT2D eigenvalue weighted by Gasteiger charge is -2.37. The summed E-state index contributed by atoms with van der Waals surface area (Å²) in [5.41, 5.74) is -0.150. The molecule has 0 unspecified atom stereocenters. The minimum absolute atomic E-state index is 0.128. The Morgan fingerprint density at radius 2 is 1.61 bits per heavy atom. The summed E-state index contributed by atoms with van der Waals surface area (Å²) < 4.78 is 44.9. The van der Waals surface area contributed by atoms with Crippen LogP contribution >= 0.6 is 0 Å². The fourth-order valence-electron chi connectivity index (χ4n) is 3.86. The molecule has 7 heteroatoms. The third-order valence-electron chi connectivity index (χ3n) is 5.53. The van der Waals surface area contributed by atoms with E-state index in [0.717, 1.165) is 22.9 Å². The molecule has 1 aliphatic rings. The van der Waals surface area contributed by atoms with Crippen LogP contribution in [0, 0.1) is 0 Å². The molecule has 1 heterocycles. The van der Waals surface area contributed by atoms with Crippen LogP contribution in [-0.2, 0) is 11.0 Å². The van der Waals surface area contributed by atoms with Gasteiger partial charge in [0, 0.05) is 37.3 Å². The van der Waals surface area contributed by atoms with Crippen LogP contribution < -0.4 is 9.64 Å². The standard InChI is InChI=1S/C24H23F3N2O2/c1-17(31-22-11-4-7-18-6-2-3-10-21(18)22)23(30)29-14-12-28(13-15-29)20-9-5-8-19(16-20)24(25,26)27/h2-11,16-17H,12-15H2,1H3/t17-/m0/s1. The van der Waals surface area contributed by atoms with Gasteiger partial charge < -0.3 is 14.5 Å². The van der Waals surface area contributed by atoms with Crippen molar-refractivity contribution in [3.05, 3.63) is 72.3 Å². The maximum atomic E-state index is 13.0. The van der Waals surface area contributed by atoms with Crippen LogP contribution in [0.25, 0.3) is 10.8 Å². The van der Waals surface area contributed by atoms with Gasteiger partial charge in [0.15, 0.2) is 6.10 Å². The predicted molar refractivity (Wildman–Crippen MR) is 114 cm³/mol. The van der Waals surface area contributed by atoms with Gasteiger partial charge in [-0.3, -0.25) is 4.79 Å². The van der Waals surface area contributed by atoms with Gasteiger partial charge in [0.1, 0.15) is 5.75 Å². The maximum Gasteiger partial charge on any atom is 0.416 e. The summed E-state index contributed by atoms with van der Waals surface area (Å²) in [5.74, 6) is 0.526.